The summed E-state index contributed by atoms with van der Waals surface area (Å²) >= 11 is 0. The third-order valence-corrected chi connectivity index (χ3v) is 3.34. The molecule has 22 heavy (non-hydrogen) atoms. The highest BCUT2D eigenvalue weighted by molar-refractivity contribution is 5.95. The molecule has 2 heterocycles. The largest absolute Gasteiger partial charge is 0.347 e. The van der Waals surface area contributed by atoms with Gasteiger partial charge in [-0.25, -0.2) is 4.98 Å². The minimum Gasteiger partial charge on any atom is -0.347 e. The van der Waals surface area contributed by atoms with Gasteiger partial charge in [-0.3, -0.25) is 4.79 Å². The molecule has 1 amide bonds. The molecule has 0 atom stereocenters. The zero-order chi connectivity index (χ0) is 15.7. The average molecular weight is 293 g/mol. The van der Waals surface area contributed by atoms with E-state index in [1.807, 2.05) is 57.2 Å². The average Bonchev–Trinajstić information content (AvgIpc) is 2.89. The molecular formula is C18H19N3O. The van der Waals surface area contributed by atoms with Crippen molar-refractivity contribution in [2.45, 2.75) is 26.3 Å². The predicted molar refractivity (Wildman–Crippen MR) is 88.7 cm³/mol. The lowest BCUT2D eigenvalue weighted by Gasteiger charge is -2.20. The molecule has 0 aliphatic heterocycles. The zero-order valence-corrected chi connectivity index (χ0v) is 13.0. The molecule has 0 spiro atoms. The fourth-order valence-corrected chi connectivity index (χ4v) is 2.33. The lowest BCUT2D eigenvalue weighted by molar-refractivity contribution is 0.0919. The maximum Gasteiger partial charge on any atom is 0.251 e. The Morgan fingerprint density at radius 2 is 1.86 bits per heavy atom. The molecule has 4 nitrogen and oxygen atoms in total. The number of rotatable bonds is 2. The number of carbonyl (C=O) groups is 1. The van der Waals surface area contributed by atoms with Crippen LogP contribution >= 0.6 is 0 Å². The van der Waals surface area contributed by atoms with E-state index in [0.29, 0.717) is 5.56 Å². The number of nitrogens with zero attached hydrogens (tertiary/aromatic N) is 1. The lowest BCUT2D eigenvalue weighted by Crippen LogP contribution is -2.40. The summed E-state index contributed by atoms with van der Waals surface area (Å²) in [5.74, 6) is -0.0580. The molecule has 112 valence electrons. The van der Waals surface area contributed by atoms with Crippen LogP contribution in [0, 0.1) is 0 Å². The highest BCUT2D eigenvalue weighted by atomic mass is 16.1. The molecule has 4 heteroatoms. The second-order valence-electron chi connectivity index (χ2n) is 6.41. The molecule has 0 fully saturated rings. The minimum absolute atomic E-state index is 0.0580. The normalized spacial score (nSPS) is 11.6. The maximum absolute atomic E-state index is 12.1. The summed E-state index contributed by atoms with van der Waals surface area (Å²) in [4.78, 5) is 19.7. The molecule has 0 saturated carbocycles. The fourth-order valence-electron chi connectivity index (χ4n) is 2.33. The summed E-state index contributed by atoms with van der Waals surface area (Å²) < 4.78 is 0. The first-order valence-electron chi connectivity index (χ1n) is 7.29. The highest BCUT2D eigenvalue weighted by Crippen LogP contribution is 2.23. The van der Waals surface area contributed by atoms with Gasteiger partial charge in [-0.1, -0.05) is 12.1 Å². The van der Waals surface area contributed by atoms with Gasteiger partial charge in [0.2, 0.25) is 0 Å². The van der Waals surface area contributed by atoms with Crippen molar-refractivity contribution in [2.75, 3.05) is 0 Å². The number of carbonyl (C=O) groups excluding carboxylic acids is 1. The van der Waals surface area contributed by atoms with Crippen molar-refractivity contribution >= 4 is 16.9 Å². The first-order valence-corrected chi connectivity index (χ1v) is 7.29. The van der Waals surface area contributed by atoms with Crippen molar-refractivity contribution in [1.29, 1.82) is 0 Å². The summed E-state index contributed by atoms with van der Waals surface area (Å²) in [6.45, 7) is 5.91. The van der Waals surface area contributed by atoms with E-state index in [9.17, 15) is 4.79 Å². The van der Waals surface area contributed by atoms with Gasteiger partial charge in [-0.05, 0) is 56.7 Å². The Morgan fingerprint density at radius 3 is 2.50 bits per heavy atom. The van der Waals surface area contributed by atoms with Gasteiger partial charge in [0.05, 0.1) is 0 Å². The first kappa shape index (κ1) is 14.3. The van der Waals surface area contributed by atoms with Gasteiger partial charge >= 0.3 is 0 Å². The Bertz CT molecular complexity index is 777. The van der Waals surface area contributed by atoms with Crippen LogP contribution in [0.4, 0.5) is 0 Å². The quantitative estimate of drug-likeness (QED) is 0.756. The van der Waals surface area contributed by atoms with E-state index in [4.69, 9.17) is 0 Å². The fraction of sp³-hybridized carbons (Fsp3) is 0.222. The van der Waals surface area contributed by atoms with E-state index >= 15 is 0 Å². The van der Waals surface area contributed by atoms with E-state index < -0.39 is 0 Å². The zero-order valence-electron chi connectivity index (χ0n) is 13.0. The van der Waals surface area contributed by atoms with E-state index in [-0.39, 0.29) is 11.4 Å². The lowest BCUT2D eigenvalue weighted by atomic mass is 10.1. The van der Waals surface area contributed by atoms with E-state index in [1.165, 1.54) is 0 Å². The molecule has 0 unspecified atom stereocenters. The number of fused-ring (bicyclic) bond motifs is 1. The van der Waals surface area contributed by atoms with Crippen LogP contribution in [0.2, 0.25) is 0 Å². The molecule has 0 aliphatic rings. The van der Waals surface area contributed by atoms with Crippen LogP contribution < -0.4 is 5.32 Å². The van der Waals surface area contributed by atoms with Crippen molar-refractivity contribution in [2.24, 2.45) is 0 Å². The standard InChI is InChI=1S/C18H19N3O/c1-18(2,3)21-17(22)13-8-6-12(7-9-13)15-11-14-5-4-10-19-16(14)20-15/h4-11H,1-3H3,(H,19,20)(H,21,22). The van der Waals surface area contributed by atoms with Gasteiger partial charge in [0.25, 0.3) is 5.91 Å². The molecule has 2 aromatic heterocycles. The van der Waals surface area contributed by atoms with E-state index in [1.54, 1.807) is 6.20 Å². The summed E-state index contributed by atoms with van der Waals surface area (Å²) in [5.41, 5.74) is 3.32. The number of amides is 1. The molecule has 0 bridgehead atoms. The highest BCUT2D eigenvalue weighted by Gasteiger charge is 2.15. The van der Waals surface area contributed by atoms with Gasteiger partial charge in [-0.15, -0.1) is 0 Å². The van der Waals surface area contributed by atoms with Gasteiger partial charge in [-0.2, -0.15) is 0 Å². The van der Waals surface area contributed by atoms with Crippen LogP contribution in [-0.2, 0) is 0 Å². The second-order valence-corrected chi connectivity index (χ2v) is 6.41. The Labute approximate surface area is 129 Å². The Kier molecular flexibility index (Phi) is 3.45. The Balaban J connectivity index is 1.86. The van der Waals surface area contributed by atoms with Crippen LogP contribution in [0.25, 0.3) is 22.3 Å². The molecule has 0 radical (unpaired) electrons. The van der Waals surface area contributed by atoms with Crippen molar-refractivity contribution in [3.8, 4) is 11.3 Å². The topological polar surface area (TPSA) is 57.8 Å². The third kappa shape index (κ3) is 3.01. The van der Waals surface area contributed by atoms with Gasteiger partial charge < -0.3 is 10.3 Å². The Morgan fingerprint density at radius 1 is 1.14 bits per heavy atom. The monoisotopic (exact) mass is 293 g/mol. The van der Waals surface area contributed by atoms with Crippen molar-refractivity contribution < 1.29 is 4.79 Å². The molecule has 1 aromatic carbocycles. The van der Waals surface area contributed by atoms with Gasteiger partial charge in [0.1, 0.15) is 5.65 Å². The van der Waals surface area contributed by atoms with Gasteiger partial charge in [0, 0.05) is 28.4 Å². The summed E-state index contributed by atoms with van der Waals surface area (Å²) in [6.07, 6.45) is 1.77. The number of benzene rings is 1. The summed E-state index contributed by atoms with van der Waals surface area (Å²) in [5, 5.41) is 4.04. The van der Waals surface area contributed by atoms with Crippen LogP contribution in [-0.4, -0.2) is 21.4 Å². The van der Waals surface area contributed by atoms with Crippen LogP contribution in [0.5, 0.6) is 0 Å². The first-order chi connectivity index (χ1) is 10.4. The maximum atomic E-state index is 12.1. The predicted octanol–water partition coefficient (Wildman–Crippen LogP) is 3.76. The summed E-state index contributed by atoms with van der Waals surface area (Å²) in [7, 11) is 0. The number of nitrogens with one attached hydrogen (secondary N) is 2. The van der Waals surface area contributed by atoms with Crippen LogP contribution in [0.15, 0.2) is 48.7 Å². The SMILES string of the molecule is CC(C)(C)NC(=O)c1ccc(-c2cc3cccnc3[nH]2)cc1. The summed E-state index contributed by atoms with van der Waals surface area (Å²) in [6, 6.07) is 13.6. The van der Waals surface area contributed by atoms with Crippen molar-refractivity contribution in [1.82, 2.24) is 15.3 Å². The van der Waals surface area contributed by atoms with Crippen LogP contribution in [0.3, 0.4) is 0 Å². The van der Waals surface area contributed by atoms with E-state index in [0.717, 1.165) is 22.3 Å². The molecule has 2 N–H and O–H groups in total. The Hall–Kier alpha value is -2.62. The minimum atomic E-state index is -0.237. The smallest absolute Gasteiger partial charge is 0.251 e. The van der Waals surface area contributed by atoms with E-state index in [2.05, 4.69) is 21.4 Å². The molecule has 3 rings (SSSR count). The number of aromatic nitrogens is 2. The van der Waals surface area contributed by atoms with Crippen molar-refractivity contribution in [3.05, 3.63) is 54.2 Å². The molecule has 3 aromatic rings. The number of hydrogen-bond donors (Lipinski definition) is 2. The number of pyridine rings is 1. The molecule has 0 saturated heterocycles. The van der Waals surface area contributed by atoms with Crippen molar-refractivity contribution in [3.63, 3.8) is 0 Å². The molecular weight excluding hydrogens is 274 g/mol. The van der Waals surface area contributed by atoms with Gasteiger partial charge in [0.15, 0.2) is 0 Å². The van der Waals surface area contributed by atoms with Crippen LogP contribution in [0.1, 0.15) is 31.1 Å². The third-order valence-electron chi connectivity index (χ3n) is 3.34. The number of aromatic amines is 1. The molecule has 0 aliphatic carbocycles. The number of hydrogen-bond acceptors (Lipinski definition) is 2. The second kappa shape index (κ2) is 5.30. The number of H-pyrrole nitrogens is 1.